The van der Waals surface area contributed by atoms with E-state index < -0.39 is 0 Å². The smallest absolute Gasteiger partial charge is 0.0769 e. The van der Waals surface area contributed by atoms with Gasteiger partial charge in [0.2, 0.25) is 0 Å². The van der Waals surface area contributed by atoms with E-state index in [0.29, 0.717) is 0 Å². The van der Waals surface area contributed by atoms with E-state index in [1.54, 1.807) is 0 Å². The first-order chi connectivity index (χ1) is 21.1. The maximum absolute atomic E-state index is 10.8. The van der Waals surface area contributed by atoms with Crippen LogP contribution in [0.15, 0.2) is 54.6 Å². The van der Waals surface area contributed by atoms with E-state index in [4.69, 9.17) is 9.97 Å². The Bertz CT molecular complexity index is 2290. The van der Waals surface area contributed by atoms with Crippen LogP contribution in [-0.4, -0.2) is 25.0 Å². The second-order valence-electron chi connectivity index (χ2n) is 12.4. The topological polar surface area (TPSA) is 77.6 Å². The molecule has 5 heteroatoms. The first-order valence-corrected chi connectivity index (χ1v) is 15.3. The molecule has 44 heavy (non-hydrogen) atoms. The third-order valence-corrected chi connectivity index (χ3v) is 10.1. The molecule has 5 nitrogen and oxygen atoms in total. The summed E-state index contributed by atoms with van der Waals surface area (Å²) >= 11 is 0. The molecule has 0 saturated carbocycles. The normalized spacial score (nSPS) is 13.5. The molecule has 0 aliphatic carbocycles. The minimum absolute atomic E-state index is 0.0749. The number of aliphatic hydroxyl groups is 1. The van der Waals surface area contributed by atoms with Gasteiger partial charge in [-0.15, -0.1) is 0 Å². The highest BCUT2D eigenvalue weighted by Crippen LogP contribution is 2.42. The number of aryl methyl sites for hydroxylation is 4. The number of allylic oxidation sites excluding steroid dienone is 4. The summed E-state index contributed by atoms with van der Waals surface area (Å²) in [4.78, 5) is 18.0. The van der Waals surface area contributed by atoms with E-state index in [1.165, 1.54) is 27.8 Å². The van der Waals surface area contributed by atoms with E-state index in [9.17, 15) is 5.11 Å². The van der Waals surface area contributed by atoms with Crippen molar-refractivity contribution in [1.29, 1.82) is 0 Å². The van der Waals surface area contributed by atoms with E-state index in [-0.39, 0.29) is 6.61 Å². The van der Waals surface area contributed by atoms with Crippen molar-refractivity contribution in [3.63, 3.8) is 0 Å². The van der Waals surface area contributed by atoms with Crippen LogP contribution in [0.5, 0.6) is 0 Å². The van der Waals surface area contributed by atoms with Crippen LogP contribution in [0.1, 0.15) is 78.3 Å². The third kappa shape index (κ3) is 4.10. The molecule has 0 unspecified atom stereocenters. The lowest BCUT2D eigenvalue weighted by molar-refractivity contribution is 0.284. The lowest BCUT2D eigenvalue weighted by Crippen LogP contribution is -1.96. The Balaban J connectivity index is 1.73. The number of nitrogens with zero attached hydrogens (tertiary/aromatic N) is 2. The zero-order valence-corrected chi connectivity index (χ0v) is 26.7. The average Bonchev–Trinajstić information content (AvgIpc) is 3.65. The minimum atomic E-state index is -0.0749. The van der Waals surface area contributed by atoms with Gasteiger partial charge < -0.3 is 15.1 Å². The van der Waals surface area contributed by atoms with Crippen molar-refractivity contribution < 1.29 is 5.11 Å². The number of aromatic amines is 2. The molecule has 2 aromatic carbocycles. The largest absolute Gasteiger partial charge is 0.392 e. The molecule has 3 N–H and O–H groups in total. The second-order valence-corrected chi connectivity index (χ2v) is 12.4. The number of hydrogen-bond donors (Lipinski definition) is 3. The first kappa shape index (κ1) is 28.1. The molecule has 2 aliphatic rings. The van der Waals surface area contributed by atoms with E-state index in [0.717, 1.165) is 89.0 Å². The highest BCUT2D eigenvalue weighted by atomic mass is 16.3. The molecule has 0 spiro atoms. The summed E-state index contributed by atoms with van der Waals surface area (Å²) < 4.78 is 0. The van der Waals surface area contributed by atoms with Crippen LogP contribution < -0.4 is 0 Å². The van der Waals surface area contributed by atoms with Crippen LogP contribution in [0.25, 0.3) is 66.3 Å². The van der Waals surface area contributed by atoms with E-state index >= 15 is 0 Å². The Hall–Kier alpha value is -4.74. The lowest BCUT2D eigenvalue weighted by atomic mass is 9.91. The molecule has 0 atom stereocenters. The molecule has 5 heterocycles. The number of nitrogens with one attached hydrogen (secondary N) is 2. The van der Waals surface area contributed by atoms with Crippen molar-refractivity contribution >= 4 is 55.1 Å². The number of H-pyrrole nitrogens is 2. The van der Waals surface area contributed by atoms with E-state index in [1.807, 2.05) is 12.1 Å². The highest BCUT2D eigenvalue weighted by Gasteiger charge is 2.23. The van der Waals surface area contributed by atoms with Crippen LogP contribution in [0.4, 0.5) is 0 Å². The molecule has 0 radical (unpaired) electrons. The molecule has 220 valence electrons. The number of aliphatic hydroxyl groups excluding tert-OH is 1. The van der Waals surface area contributed by atoms with Crippen molar-refractivity contribution in [2.45, 2.75) is 62.0 Å². The zero-order chi connectivity index (χ0) is 31.0. The first-order valence-electron chi connectivity index (χ1n) is 15.3. The van der Waals surface area contributed by atoms with Crippen LogP contribution in [0, 0.1) is 27.7 Å². The molecule has 0 saturated heterocycles. The van der Waals surface area contributed by atoms with Crippen molar-refractivity contribution in [2.75, 3.05) is 0 Å². The molecular weight excluding hydrogens is 540 g/mol. The summed E-state index contributed by atoms with van der Waals surface area (Å²) in [5, 5.41) is 13.0. The van der Waals surface area contributed by atoms with Gasteiger partial charge in [-0.2, -0.15) is 0 Å². The van der Waals surface area contributed by atoms with Gasteiger partial charge in [0.05, 0.1) is 34.9 Å². The Morgan fingerprint density at radius 3 is 1.77 bits per heavy atom. The lowest BCUT2D eigenvalue weighted by Gasteiger charge is -2.14. The molecule has 3 aromatic heterocycles. The second kappa shape index (κ2) is 10.2. The van der Waals surface area contributed by atoms with Gasteiger partial charge in [0.25, 0.3) is 0 Å². The van der Waals surface area contributed by atoms with Gasteiger partial charge in [0, 0.05) is 22.1 Å². The maximum Gasteiger partial charge on any atom is 0.0769 e. The van der Waals surface area contributed by atoms with Gasteiger partial charge in [0.1, 0.15) is 0 Å². The fraction of sp³-hybridized carbons (Fsp3) is 0.231. The van der Waals surface area contributed by atoms with Crippen molar-refractivity contribution in [3.8, 4) is 11.1 Å². The van der Waals surface area contributed by atoms with Crippen molar-refractivity contribution in [3.05, 3.63) is 105 Å². The number of fused-ring (bicyclic) bond motifs is 9. The Kier molecular flexibility index (Phi) is 6.49. The Labute approximate surface area is 258 Å². The van der Waals surface area contributed by atoms with Gasteiger partial charge in [-0.1, -0.05) is 36.4 Å². The quantitative estimate of drug-likeness (QED) is 0.195. The van der Waals surface area contributed by atoms with Crippen LogP contribution in [0.2, 0.25) is 0 Å². The summed E-state index contributed by atoms with van der Waals surface area (Å²) in [6.45, 7) is 17.2. The molecule has 0 fully saturated rings. The average molecular weight is 579 g/mol. The van der Waals surface area contributed by atoms with Crippen LogP contribution >= 0.6 is 0 Å². The molecular formula is C39H38N4O. The summed E-state index contributed by atoms with van der Waals surface area (Å²) in [6.07, 6.45) is 0. The van der Waals surface area contributed by atoms with Gasteiger partial charge >= 0.3 is 0 Å². The van der Waals surface area contributed by atoms with Gasteiger partial charge in [-0.3, -0.25) is 0 Å². The molecule has 8 bridgehead atoms. The minimum Gasteiger partial charge on any atom is -0.392 e. The number of aromatic nitrogens is 4. The Morgan fingerprint density at radius 2 is 1.14 bits per heavy atom. The van der Waals surface area contributed by atoms with Crippen LogP contribution in [-0.2, 0) is 6.61 Å². The summed E-state index contributed by atoms with van der Waals surface area (Å²) in [6, 6.07) is 19.1. The van der Waals surface area contributed by atoms with E-state index in [2.05, 4.69) is 108 Å². The molecule has 0 amide bonds. The number of rotatable bonds is 2. The summed E-state index contributed by atoms with van der Waals surface area (Å²) in [7, 11) is 0. The SMILES string of the molecule is CC1=C(C)c2cc3[nH]c(c(C)c3C)c(-c3ccc4ccccc4c3CO)c3nc(cc4[nH]c(cc1n2)c(C)c4C)C(C)=C3C. The zero-order valence-electron chi connectivity index (χ0n) is 26.7. The molecule has 5 aromatic rings. The standard InChI is InChI=1S/C39H38N4O/c1-19-21(3)33-16-35-23(5)25(7)38(42-35)37(29-14-13-27-11-9-10-12-28(27)30(29)18-44)39-26(8)24(6)36(43-39)17-34-22(4)20(2)32(41-34)15-31(19)40-33/h9-17,40,43-44H,18H2,1-8H3. The Morgan fingerprint density at radius 1 is 0.591 bits per heavy atom. The van der Waals surface area contributed by atoms with Crippen LogP contribution in [0.3, 0.4) is 0 Å². The highest BCUT2D eigenvalue weighted by molar-refractivity contribution is 6.03. The van der Waals surface area contributed by atoms with Crippen molar-refractivity contribution in [1.82, 2.24) is 19.9 Å². The van der Waals surface area contributed by atoms with Gasteiger partial charge in [-0.05, 0) is 140 Å². The molecule has 2 aliphatic heterocycles. The monoisotopic (exact) mass is 578 g/mol. The maximum atomic E-state index is 10.8. The fourth-order valence-electron chi connectivity index (χ4n) is 6.67. The third-order valence-electron chi connectivity index (χ3n) is 10.1. The predicted molar refractivity (Wildman–Crippen MR) is 185 cm³/mol. The number of benzene rings is 2. The summed E-state index contributed by atoms with van der Waals surface area (Å²) in [5.74, 6) is 0. The van der Waals surface area contributed by atoms with Gasteiger partial charge in [0.15, 0.2) is 0 Å². The summed E-state index contributed by atoms with van der Waals surface area (Å²) in [5.41, 5.74) is 20.3. The molecule has 7 rings (SSSR count). The fourth-order valence-corrected chi connectivity index (χ4v) is 6.67. The number of hydrogen-bond acceptors (Lipinski definition) is 3. The predicted octanol–water partition coefficient (Wildman–Crippen LogP) is 9.76. The van der Waals surface area contributed by atoms with Gasteiger partial charge in [-0.25, -0.2) is 9.97 Å². The van der Waals surface area contributed by atoms with Crippen molar-refractivity contribution in [2.24, 2.45) is 0 Å².